The number of rotatable bonds is 5. The molecule has 0 aromatic carbocycles. The van der Waals surface area contributed by atoms with Crippen molar-refractivity contribution in [3.63, 3.8) is 0 Å². The molecule has 4 saturated carbocycles. The highest BCUT2D eigenvalue weighted by atomic mass is 32.1. The van der Waals surface area contributed by atoms with E-state index in [0.29, 0.717) is 23.4 Å². The van der Waals surface area contributed by atoms with Crippen LogP contribution in [0, 0.1) is 27.4 Å². The molecule has 4 fully saturated rings. The first-order valence-electron chi connectivity index (χ1n) is 11.0. The summed E-state index contributed by atoms with van der Waals surface area (Å²) in [4.78, 5) is 11.7. The van der Waals surface area contributed by atoms with Crippen LogP contribution in [0.1, 0.15) is 43.5 Å². The summed E-state index contributed by atoms with van der Waals surface area (Å²) in [5, 5.41) is 30.2. The van der Waals surface area contributed by atoms with Gasteiger partial charge < -0.3 is 4.42 Å². The first kappa shape index (κ1) is 18.5. The zero-order chi connectivity index (χ0) is 21.5. The Hall–Kier alpha value is -3.08. The van der Waals surface area contributed by atoms with E-state index in [-0.39, 0.29) is 21.6 Å². The fourth-order valence-electron chi connectivity index (χ4n) is 7.15. The summed E-state index contributed by atoms with van der Waals surface area (Å²) in [5.74, 6) is 2.56. The summed E-state index contributed by atoms with van der Waals surface area (Å²) >= 11 is 1.59. The predicted octanol–water partition coefficient (Wildman–Crippen LogP) is 4.09. The van der Waals surface area contributed by atoms with E-state index in [1.165, 1.54) is 25.5 Å². The van der Waals surface area contributed by atoms with Gasteiger partial charge in [-0.15, -0.1) is 10.2 Å². The summed E-state index contributed by atoms with van der Waals surface area (Å²) in [6.45, 7) is 0. The van der Waals surface area contributed by atoms with Gasteiger partial charge in [0, 0.05) is 6.42 Å². The molecule has 0 unspecified atom stereocenters. The molecule has 0 N–H and O–H groups in total. The second kappa shape index (κ2) is 6.25. The molecular weight excluding hydrogens is 430 g/mol. The summed E-state index contributed by atoms with van der Waals surface area (Å²) < 4.78 is 9.20. The van der Waals surface area contributed by atoms with Gasteiger partial charge in [0.25, 0.3) is 0 Å². The molecule has 0 aliphatic heterocycles. The van der Waals surface area contributed by atoms with Crippen molar-refractivity contribution in [2.45, 2.75) is 50.5 Å². The topological polar surface area (TPSA) is 117 Å². The van der Waals surface area contributed by atoms with Gasteiger partial charge >= 0.3 is 5.69 Å². The van der Waals surface area contributed by atoms with Gasteiger partial charge in [-0.05, 0) is 67.9 Å². The minimum Gasteiger partial charge on any atom is -0.461 e. The first-order chi connectivity index (χ1) is 15.5. The minimum atomic E-state index is -0.351. The van der Waals surface area contributed by atoms with Crippen molar-refractivity contribution in [1.82, 2.24) is 29.6 Å². The lowest BCUT2D eigenvalue weighted by Gasteiger charge is -2.62. The smallest absolute Gasteiger partial charge is 0.307 e. The number of nitrogens with zero attached hydrogens (tertiary/aromatic N) is 7. The van der Waals surface area contributed by atoms with Gasteiger partial charge in [0.1, 0.15) is 17.4 Å². The Morgan fingerprint density at radius 2 is 2.09 bits per heavy atom. The maximum atomic E-state index is 11.2. The van der Waals surface area contributed by atoms with E-state index in [1.54, 1.807) is 28.3 Å². The van der Waals surface area contributed by atoms with Crippen molar-refractivity contribution in [2.75, 3.05) is 0 Å². The Labute approximate surface area is 186 Å². The van der Waals surface area contributed by atoms with Gasteiger partial charge in [-0.3, -0.25) is 14.8 Å². The second-order valence-corrected chi connectivity index (χ2v) is 11.0. The maximum absolute atomic E-state index is 11.2. The van der Waals surface area contributed by atoms with Gasteiger partial charge in [0.15, 0.2) is 5.76 Å². The summed E-state index contributed by atoms with van der Waals surface area (Å²) in [7, 11) is 0. The lowest BCUT2D eigenvalue weighted by Crippen LogP contribution is -2.57. The first-order valence-corrected chi connectivity index (χ1v) is 11.8. The molecule has 4 aromatic rings. The monoisotopic (exact) mass is 451 g/mol. The largest absolute Gasteiger partial charge is 0.461 e. The molecule has 11 heteroatoms. The molecule has 4 aliphatic rings. The van der Waals surface area contributed by atoms with Crippen LogP contribution in [0.25, 0.3) is 16.5 Å². The molecular formula is C21H21N7O3S. The molecule has 0 saturated heterocycles. The molecule has 32 heavy (non-hydrogen) atoms. The fraction of sp³-hybridized carbons (Fsp3) is 0.524. The molecule has 4 aliphatic carbocycles. The highest BCUT2D eigenvalue weighted by Gasteiger charge is 2.59. The van der Waals surface area contributed by atoms with Crippen LogP contribution in [0.4, 0.5) is 5.69 Å². The lowest BCUT2D eigenvalue weighted by atomic mass is 9.46. The third-order valence-electron chi connectivity index (χ3n) is 7.72. The Kier molecular flexibility index (Phi) is 3.61. The Balaban J connectivity index is 1.23. The molecule has 164 valence electrons. The molecule has 0 spiro atoms. The number of nitro groups is 1. The van der Waals surface area contributed by atoms with Gasteiger partial charge in [0.2, 0.25) is 10.8 Å². The number of aromatic nitrogens is 6. The molecule has 0 radical (unpaired) electrons. The Bertz CT molecular complexity index is 1320. The fourth-order valence-corrected chi connectivity index (χ4v) is 8.16. The van der Waals surface area contributed by atoms with Crippen LogP contribution >= 0.6 is 11.3 Å². The van der Waals surface area contributed by atoms with E-state index in [4.69, 9.17) is 9.52 Å². The van der Waals surface area contributed by atoms with Crippen molar-refractivity contribution in [3.05, 3.63) is 45.9 Å². The van der Waals surface area contributed by atoms with Crippen molar-refractivity contribution in [1.29, 1.82) is 0 Å². The zero-order valence-electron chi connectivity index (χ0n) is 17.3. The predicted molar refractivity (Wildman–Crippen MR) is 114 cm³/mol. The highest BCUT2D eigenvalue weighted by Crippen LogP contribution is 2.65. The van der Waals surface area contributed by atoms with Crippen LogP contribution in [0.2, 0.25) is 0 Å². The lowest BCUT2D eigenvalue weighted by molar-refractivity contribution is -0.385. The molecule has 0 amide bonds. The van der Waals surface area contributed by atoms with Gasteiger partial charge in [-0.1, -0.05) is 11.3 Å². The quantitative estimate of drug-likeness (QED) is 0.331. The molecule has 8 rings (SSSR count). The Morgan fingerprint density at radius 3 is 2.81 bits per heavy atom. The number of furan rings is 1. The van der Waals surface area contributed by atoms with Crippen LogP contribution in [-0.4, -0.2) is 34.5 Å². The minimum absolute atomic E-state index is 0.0777. The molecule has 10 nitrogen and oxygen atoms in total. The third kappa shape index (κ3) is 2.63. The van der Waals surface area contributed by atoms with E-state index in [0.717, 1.165) is 35.7 Å². The van der Waals surface area contributed by atoms with Crippen molar-refractivity contribution in [3.8, 4) is 11.6 Å². The van der Waals surface area contributed by atoms with Crippen molar-refractivity contribution < 1.29 is 9.34 Å². The van der Waals surface area contributed by atoms with Gasteiger partial charge in [0.05, 0.1) is 16.7 Å². The average Bonchev–Trinajstić information content (AvgIpc) is 3.50. The standard InChI is InChI=1S/C21H21N7O3S/c29-28(30)15-10-22-26(11-15)21-7-13-4-14(8-21)6-20(5-13,12-21)9-17-25-27-18(16-2-1-3-31-16)23-24-19(27)32-17/h1-3,10-11,13-14H,4-9,12H2/t13-,14-,20?,21?/m0/s1. The summed E-state index contributed by atoms with van der Waals surface area (Å²) in [6.07, 6.45) is 12.3. The zero-order valence-corrected chi connectivity index (χ0v) is 18.1. The second-order valence-electron chi connectivity index (χ2n) is 9.95. The van der Waals surface area contributed by atoms with E-state index in [1.807, 2.05) is 16.8 Å². The molecule has 2 atom stereocenters. The molecule has 4 heterocycles. The van der Waals surface area contributed by atoms with Crippen LogP contribution in [0.15, 0.2) is 35.2 Å². The maximum Gasteiger partial charge on any atom is 0.307 e. The normalized spacial score (nSPS) is 31.0. The van der Waals surface area contributed by atoms with Crippen LogP contribution in [0.5, 0.6) is 0 Å². The van der Waals surface area contributed by atoms with Crippen LogP contribution in [0.3, 0.4) is 0 Å². The number of hydrogen-bond acceptors (Lipinski definition) is 8. The van der Waals surface area contributed by atoms with Crippen molar-refractivity contribution in [2.24, 2.45) is 17.3 Å². The number of hydrogen-bond donors (Lipinski definition) is 0. The summed E-state index contributed by atoms with van der Waals surface area (Å²) in [6, 6.07) is 3.69. The van der Waals surface area contributed by atoms with E-state index < -0.39 is 0 Å². The van der Waals surface area contributed by atoms with Crippen molar-refractivity contribution >= 4 is 22.0 Å². The molecule has 4 aromatic heterocycles. The summed E-state index contributed by atoms with van der Waals surface area (Å²) in [5.41, 5.74) is 0.115. The van der Waals surface area contributed by atoms with E-state index in [2.05, 4.69) is 15.3 Å². The number of fused-ring (bicyclic) bond motifs is 1. The highest BCUT2D eigenvalue weighted by molar-refractivity contribution is 7.16. The average molecular weight is 452 g/mol. The molecule has 4 bridgehead atoms. The third-order valence-corrected chi connectivity index (χ3v) is 8.62. The van der Waals surface area contributed by atoms with Gasteiger partial charge in [-0.25, -0.2) is 0 Å². The van der Waals surface area contributed by atoms with Crippen LogP contribution < -0.4 is 0 Å². The van der Waals surface area contributed by atoms with Crippen LogP contribution in [-0.2, 0) is 12.0 Å². The van der Waals surface area contributed by atoms with E-state index in [9.17, 15) is 10.1 Å². The van der Waals surface area contributed by atoms with Gasteiger partial charge in [-0.2, -0.15) is 14.7 Å². The Morgan fingerprint density at radius 1 is 1.25 bits per heavy atom. The van der Waals surface area contributed by atoms with E-state index >= 15 is 0 Å². The SMILES string of the molecule is O=[N+]([O-])c1cnn(C23C[C@H]4C[C@@H](CC(Cc5nn6c(-c7ccco7)nnc6s5)(C4)C2)C3)c1.